The molecule has 0 radical (unpaired) electrons. The Bertz CT molecular complexity index is 429. The molecule has 15 heavy (non-hydrogen) atoms. The molecule has 0 spiro atoms. The summed E-state index contributed by atoms with van der Waals surface area (Å²) in [4.78, 5) is 11.3. The molecule has 1 rings (SSSR count). The van der Waals surface area contributed by atoms with Crippen molar-refractivity contribution in [3.05, 3.63) is 16.9 Å². The standard InChI is InChI=1S/C10H11ClN2O2/c1-5-7(3)15-10(8(5)4-12)13-9(14)6(2)11/h6H,1-3H3,(H,13,14)/t6-/m0/s1. The number of nitrogens with one attached hydrogen (secondary N) is 1. The molecule has 0 aliphatic rings. The zero-order chi connectivity index (χ0) is 11.6. The van der Waals surface area contributed by atoms with E-state index in [1.165, 1.54) is 0 Å². The van der Waals surface area contributed by atoms with Gasteiger partial charge in [0.05, 0.1) is 0 Å². The average Bonchev–Trinajstić information content (AvgIpc) is 2.42. The maximum Gasteiger partial charge on any atom is 0.244 e. The molecule has 0 aliphatic heterocycles. The molecule has 0 aromatic carbocycles. The van der Waals surface area contributed by atoms with Gasteiger partial charge in [0.15, 0.2) is 0 Å². The van der Waals surface area contributed by atoms with Crippen LogP contribution in [0.25, 0.3) is 0 Å². The van der Waals surface area contributed by atoms with Gasteiger partial charge in [-0.15, -0.1) is 11.6 Å². The van der Waals surface area contributed by atoms with Crippen molar-refractivity contribution < 1.29 is 9.21 Å². The van der Waals surface area contributed by atoms with Crippen LogP contribution in [-0.4, -0.2) is 11.3 Å². The fourth-order valence-electron chi connectivity index (χ4n) is 1.06. The van der Waals surface area contributed by atoms with Gasteiger partial charge in [-0.25, -0.2) is 0 Å². The summed E-state index contributed by atoms with van der Waals surface area (Å²) in [6.07, 6.45) is 0. The van der Waals surface area contributed by atoms with Crippen LogP contribution in [0.4, 0.5) is 5.88 Å². The second-order valence-corrected chi connectivity index (χ2v) is 3.86. The van der Waals surface area contributed by atoms with Gasteiger partial charge in [0, 0.05) is 5.56 Å². The lowest BCUT2D eigenvalue weighted by molar-refractivity contribution is -0.115. The van der Waals surface area contributed by atoms with E-state index in [1.54, 1.807) is 20.8 Å². The lowest BCUT2D eigenvalue weighted by Crippen LogP contribution is -2.20. The fourth-order valence-corrected chi connectivity index (χ4v) is 1.12. The first kappa shape index (κ1) is 11.6. The van der Waals surface area contributed by atoms with E-state index in [1.807, 2.05) is 6.07 Å². The molecule has 0 saturated carbocycles. The molecular weight excluding hydrogens is 216 g/mol. The number of furan rings is 1. The molecule has 1 atom stereocenters. The van der Waals surface area contributed by atoms with Crippen LogP contribution in [-0.2, 0) is 4.79 Å². The quantitative estimate of drug-likeness (QED) is 0.787. The van der Waals surface area contributed by atoms with E-state index < -0.39 is 5.38 Å². The predicted octanol–water partition coefficient (Wildman–Crippen LogP) is 2.33. The molecule has 0 saturated heterocycles. The van der Waals surface area contributed by atoms with Gasteiger partial charge in [-0.1, -0.05) is 0 Å². The third kappa shape index (κ3) is 2.31. The van der Waals surface area contributed by atoms with Crippen molar-refractivity contribution in [3.63, 3.8) is 0 Å². The number of rotatable bonds is 2. The Hall–Kier alpha value is -1.47. The van der Waals surface area contributed by atoms with Crippen molar-refractivity contribution in [1.82, 2.24) is 0 Å². The highest BCUT2D eigenvalue weighted by Gasteiger charge is 2.18. The number of alkyl halides is 1. The first-order valence-electron chi connectivity index (χ1n) is 4.42. The molecule has 1 amide bonds. The van der Waals surface area contributed by atoms with Crippen LogP contribution in [0.2, 0.25) is 0 Å². The summed E-state index contributed by atoms with van der Waals surface area (Å²) in [5, 5.41) is 10.7. The number of carbonyl (C=O) groups is 1. The predicted molar refractivity (Wildman–Crippen MR) is 56.8 cm³/mol. The van der Waals surface area contributed by atoms with E-state index in [4.69, 9.17) is 21.3 Å². The number of hydrogen-bond acceptors (Lipinski definition) is 3. The molecule has 0 unspecified atom stereocenters. The third-order valence-electron chi connectivity index (χ3n) is 2.10. The van der Waals surface area contributed by atoms with Crippen molar-refractivity contribution in [2.24, 2.45) is 0 Å². The second kappa shape index (κ2) is 4.37. The molecule has 1 aromatic heterocycles. The molecule has 1 heterocycles. The molecule has 0 bridgehead atoms. The maximum atomic E-state index is 11.3. The number of carbonyl (C=O) groups excluding carboxylic acids is 1. The van der Waals surface area contributed by atoms with Crippen LogP contribution in [0, 0.1) is 25.2 Å². The average molecular weight is 227 g/mol. The molecule has 1 N–H and O–H groups in total. The summed E-state index contributed by atoms with van der Waals surface area (Å²) in [5.41, 5.74) is 1.08. The zero-order valence-corrected chi connectivity index (χ0v) is 9.47. The Morgan fingerprint density at radius 2 is 2.20 bits per heavy atom. The maximum absolute atomic E-state index is 11.3. The lowest BCUT2D eigenvalue weighted by Gasteiger charge is -2.02. The van der Waals surface area contributed by atoms with Gasteiger partial charge in [0.1, 0.15) is 22.8 Å². The van der Waals surface area contributed by atoms with Crippen LogP contribution in [0.15, 0.2) is 4.42 Å². The summed E-state index contributed by atoms with van der Waals surface area (Å²) in [5.74, 6) is 0.399. The van der Waals surface area contributed by atoms with Gasteiger partial charge >= 0.3 is 0 Å². The Morgan fingerprint density at radius 3 is 2.67 bits per heavy atom. The van der Waals surface area contributed by atoms with Gasteiger partial charge < -0.3 is 4.42 Å². The smallest absolute Gasteiger partial charge is 0.244 e. The van der Waals surface area contributed by atoms with E-state index in [0.29, 0.717) is 11.3 Å². The summed E-state index contributed by atoms with van der Waals surface area (Å²) in [7, 11) is 0. The van der Waals surface area contributed by atoms with E-state index in [9.17, 15) is 4.79 Å². The molecule has 80 valence electrons. The molecule has 1 aromatic rings. The van der Waals surface area contributed by atoms with E-state index in [2.05, 4.69) is 5.32 Å². The Labute approximate surface area is 92.8 Å². The zero-order valence-electron chi connectivity index (χ0n) is 8.72. The number of hydrogen-bond donors (Lipinski definition) is 1. The van der Waals surface area contributed by atoms with Crippen molar-refractivity contribution in [2.75, 3.05) is 5.32 Å². The van der Waals surface area contributed by atoms with Gasteiger partial charge in [0.25, 0.3) is 0 Å². The lowest BCUT2D eigenvalue weighted by atomic mass is 10.2. The van der Waals surface area contributed by atoms with Crippen LogP contribution < -0.4 is 5.32 Å². The van der Waals surface area contributed by atoms with Crippen LogP contribution in [0.1, 0.15) is 23.8 Å². The molecule has 5 heteroatoms. The number of anilines is 1. The second-order valence-electron chi connectivity index (χ2n) is 3.20. The van der Waals surface area contributed by atoms with Gasteiger partial charge in [-0.2, -0.15) is 5.26 Å². The normalized spacial score (nSPS) is 11.9. The molecule has 0 fully saturated rings. The molecule has 0 aliphatic carbocycles. The number of nitriles is 1. The number of nitrogens with zero attached hydrogens (tertiary/aromatic N) is 1. The van der Waals surface area contributed by atoms with Gasteiger partial charge in [0.2, 0.25) is 11.8 Å². The summed E-state index contributed by atoms with van der Waals surface area (Å²) < 4.78 is 5.24. The van der Waals surface area contributed by atoms with Crippen molar-refractivity contribution in [1.29, 1.82) is 5.26 Å². The first-order chi connectivity index (χ1) is 6.97. The van der Waals surface area contributed by atoms with E-state index >= 15 is 0 Å². The largest absolute Gasteiger partial charge is 0.444 e. The topological polar surface area (TPSA) is 66.0 Å². The monoisotopic (exact) mass is 226 g/mol. The minimum Gasteiger partial charge on any atom is -0.444 e. The SMILES string of the molecule is Cc1oc(NC(=O)[C@H](C)Cl)c(C#N)c1C. The van der Waals surface area contributed by atoms with Crippen LogP contribution in [0.3, 0.4) is 0 Å². The van der Waals surface area contributed by atoms with E-state index in [0.717, 1.165) is 5.56 Å². The highest BCUT2D eigenvalue weighted by atomic mass is 35.5. The first-order valence-corrected chi connectivity index (χ1v) is 4.86. The minimum atomic E-state index is -0.665. The number of halogens is 1. The number of amides is 1. The van der Waals surface area contributed by atoms with Crippen molar-refractivity contribution >= 4 is 23.4 Å². The summed E-state index contributed by atoms with van der Waals surface area (Å²) >= 11 is 5.58. The van der Waals surface area contributed by atoms with Crippen molar-refractivity contribution in [3.8, 4) is 6.07 Å². The number of aryl methyl sites for hydroxylation is 1. The van der Waals surface area contributed by atoms with E-state index in [-0.39, 0.29) is 11.8 Å². The molecule has 4 nitrogen and oxygen atoms in total. The Morgan fingerprint density at radius 1 is 1.60 bits per heavy atom. The highest BCUT2D eigenvalue weighted by molar-refractivity contribution is 6.32. The van der Waals surface area contributed by atoms with Crippen molar-refractivity contribution in [2.45, 2.75) is 26.1 Å². The Kier molecular flexibility index (Phi) is 3.38. The molecular formula is C10H11ClN2O2. The van der Waals surface area contributed by atoms with Crippen LogP contribution >= 0.6 is 11.6 Å². The van der Waals surface area contributed by atoms with Gasteiger partial charge in [-0.3, -0.25) is 10.1 Å². The van der Waals surface area contributed by atoms with Crippen LogP contribution in [0.5, 0.6) is 0 Å². The fraction of sp³-hybridized carbons (Fsp3) is 0.400. The highest BCUT2D eigenvalue weighted by Crippen LogP contribution is 2.25. The summed E-state index contributed by atoms with van der Waals surface area (Å²) in [6, 6.07) is 1.98. The minimum absolute atomic E-state index is 0.171. The van der Waals surface area contributed by atoms with Gasteiger partial charge in [-0.05, 0) is 20.8 Å². The third-order valence-corrected chi connectivity index (χ3v) is 2.29. The Balaban J connectivity index is 3.02. The summed E-state index contributed by atoms with van der Waals surface area (Å²) in [6.45, 7) is 5.04.